The lowest BCUT2D eigenvalue weighted by Crippen LogP contribution is -2.19. The summed E-state index contributed by atoms with van der Waals surface area (Å²) in [5.74, 6) is 0. The molecular weight excluding hydrogens is 442 g/mol. The normalized spacial score (nSPS) is 14.0. The fourth-order valence-electron chi connectivity index (χ4n) is 2.83. The van der Waals surface area contributed by atoms with E-state index in [-0.39, 0.29) is 9.92 Å². The lowest BCUT2D eigenvalue weighted by molar-refractivity contribution is -0.384. The van der Waals surface area contributed by atoms with E-state index in [0.29, 0.717) is 24.1 Å². The first kappa shape index (κ1) is 22.0. The first-order valence-corrected chi connectivity index (χ1v) is 10.7. The second kappa shape index (κ2) is 9.42. The van der Waals surface area contributed by atoms with Gasteiger partial charge in [0.05, 0.1) is 27.7 Å². The Morgan fingerprint density at radius 1 is 1.26 bits per heavy atom. The van der Waals surface area contributed by atoms with Gasteiger partial charge in [-0.3, -0.25) is 10.1 Å². The van der Waals surface area contributed by atoms with E-state index < -0.39 is 20.6 Å². The van der Waals surface area contributed by atoms with Crippen molar-refractivity contribution in [3.05, 3.63) is 92.8 Å². The van der Waals surface area contributed by atoms with Gasteiger partial charge in [-0.2, -0.15) is 18.8 Å². The third-order valence-electron chi connectivity index (χ3n) is 4.23. The molecule has 3 rings (SSSR count). The minimum Gasteiger partial charge on any atom is -0.349 e. The van der Waals surface area contributed by atoms with Crippen molar-refractivity contribution in [2.75, 3.05) is 0 Å². The summed E-state index contributed by atoms with van der Waals surface area (Å²) in [5.41, 5.74) is 1.62. The molecule has 0 amide bonds. The number of hydrogen-bond acceptors (Lipinski definition) is 7. The van der Waals surface area contributed by atoms with Gasteiger partial charge >= 0.3 is 0 Å². The van der Waals surface area contributed by atoms with E-state index in [1.54, 1.807) is 12.4 Å². The molecule has 2 aromatic carbocycles. The van der Waals surface area contributed by atoms with E-state index in [1.807, 2.05) is 40.1 Å². The highest BCUT2D eigenvalue weighted by Crippen LogP contribution is 2.27. The first-order valence-electron chi connectivity index (χ1n) is 8.88. The smallest absolute Gasteiger partial charge is 0.289 e. The summed E-state index contributed by atoms with van der Waals surface area (Å²) >= 11 is 5.72. The van der Waals surface area contributed by atoms with Crippen LogP contribution in [0.1, 0.15) is 12.0 Å². The van der Waals surface area contributed by atoms with Crippen LogP contribution in [0.3, 0.4) is 0 Å². The molecule has 158 valence electrons. The maximum absolute atomic E-state index is 12.4. The predicted molar refractivity (Wildman–Crippen MR) is 115 cm³/mol. The van der Waals surface area contributed by atoms with Gasteiger partial charge in [0.1, 0.15) is 5.02 Å². The number of hydrogen-bond donors (Lipinski definition) is 1. The zero-order valence-electron chi connectivity index (χ0n) is 16.0. The van der Waals surface area contributed by atoms with Gasteiger partial charge in [-0.1, -0.05) is 41.9 Å². The standard InChI is InChI=1S/C20H16ClN5O4S/c21-19-7-6-18(9-20(19)26(27)28)31(29,30)24-23-11-17-8-16(10-22)13-25(14-17)12-15-4-2-1-3-5-15/h1-7,9,11,13-14,24H,8,12H2/b23-11+. The average molecular weight is 458 g/mol. The lowest BCUT2D eigenvalue weighted by atomic mass is 10.1. The maximum atomic E-state index is 12.4. The van der Waals surface area contributed by atoms with Gasteiger partial charge in [0.25, 0.3) is 15.7 Å². The molecular formula is C20H16ClN5O4S. The van der Waals surface area contributed by atoms with Crippen molar-refractivity contribution in [2.24, 2.45) is 5.10 Å². The number of halogens is 1. The Kier molecular flexibility index (Phi) is 6.69. The van der Waals surface area contributed by atoms with Crippen LogP contribution in [-0.2, 0) is 16.6 Å². The van der Waals surface area contributed by atoms with Gasteiger partial charge in [-0.25, -0.2) is 4.83 Å². The molecule has 0 fully saturated rings. The van der Waals surface area contributed by atoms with Gasteiger partial charge in [0.15, 0.2) is 0 Å². The topological polar surface area (TPSA) is 129 Å². The number of nitro groups is 1. The van der Waals surface area contributed by atoms with Gasteiger partial charge < -0.3 is 4.90 Å². The molecule has 0 saturated carbocycles. The number of nitro benzene ring substituents is 1. The largest absolute Gasteiger partial charge is 0.349 e. The van der Waals surface area contributed by atoms with E-state index in [9.17, 15) is 23.8 Å². The van der Waals surface area contributed by atoms with E-state index in [2.05, 4.69) is 11.2 Å². The number of nitrogens with zero attached hydrogens (tertiary/aromatic N) is 4. The average Bonchev–Trinajstić information content (AvgIpc) is 2.74. The Bertz CT molecular complexity index is 1230. The molecule has 31 heavy (non-hydrogen) atoms. The Balaban J connectivity index is 1.75. The minimum absolute atomic E-state index is 0.172. The highest BCUT2D eigenvalue weighted by Gasteiger charge is 2.20. The van der Waals surface area contributed by atoms with Gasteiger partial charge in [-0.15, -0.1) is 0 Å². The van der Waals surface area contributed by atoms with Crippen molar-refractivity contribution in [1.29, 1.82) is 5.26 Å². The SMILES string of the molecule is N#CC1=CN(Cc2ccccc2)C=C(/C=N/NS(=O)(=O)c2ccc(Cl)c([N+](=O)[O-])c2)C1. The summed E-state index contributed by atoms with van der Waals surface area (Å²) in [6.45, 7) is 0.531. The fourth-order valence-corrected chi connectivity index (χ4v) is 3.82. The number of benzene rings is 2. The number of nitrogens with one attached hydrogen (secondary N) is 1. The number of hydrazone groups is 1. The molecule has 1 aliphatic rings. The van der Waals surface area contributed by atoms with E-state index in [1.165, 1.54) is 6.21 Å². The minimum atomic E-state index is -4.15. The third-order valence-corrected chi connectivity index (χ3v) is 5.77. The lowest BCUT2D eigenvalue weighted by Gasteiger charge is -2.21. The van der Waals surface area contributed by atoms with Crippen LogP contribution in [-0.4, -0.2) is 24.5 Å². The van der Waals surface area contributed by atoms with Crippen molar-refractivity contribution in [3.63, 3.8) is 0 Å². The van der Waals surface area contributed by atoms with Crippen LogP contribution >= 0.6 is 11.6 Å². The van der Waals surface area contributed by atoms with Crippen LogP contribution in [0, 0.1) is 21.4 Å². The van der Waals surface area contributed by atoms with Crippen LogP contribution in [0.2, 0.25) is 5.02 Å². The van der Waals surface area contributed by atoms with Crippen LogP contribution in [0.25, 0.3) is 0 Å². The number of nitriles is 1. The van der Waals surface area contributed by atoms with Crippen LogP contribution < -0.4 is 4.83 Å². The van der Waals surface area contributed by atoms with Gasteiger partial charge in [0.2, 0.25) is 0 Å². The summed E-state index contributed by atoms with van der Waals surface area (Å²) < 4.78 is 24.8. The zero-order valence-corrected chi connectivity index (χ0v) is 17.5. The van der Waals surface area contributed by atoms with Crippen LogP contribution in [0.15, 0.2) is 82.1 Å². The molecule has 0 unspecified atom stereocenters. The van der Waals surface area contributed by atoms with E-state index in [4.69, 9.17) is 11.6 Å². The summed E-state index contributed by atoms with van der Waals surface area (Å²) in [4.78, 5) is 13.7. The Morgan fingerprint density at radius 2 is 2.00 bits per heavy atom. The molecule has 0 aromatic heterocycles. The van der Waals surface area contributed by atoms with Gasteiger partial charge in [0, 0.05) is 31.4 Å². The second-order valence-electron chi connectivity index (χ2n) is 6.53. The van der Waals surface area contributed by atoms with Crippen molar-refractivity contribution in [1.82, 2.24) is 9.73 Å². The molecule has 0 radical (unpaired) electrons. The second-order valence-corrected chi connectivity index (χ2v) is 8.60. The summed E-state index contributed by atoms with van der Waals surface area (Å²) in [6, 6.07) is 14.9. The Labute approximate surface area is 183 Å². The molecule has 0 spiro atoms. The van der Waals surface area contributed by atoms with Crippen molar-refractivity contribution in [2.45, 2.75) is 17.9 Å². The summed E-state index contributed by atoms with van der Waals surface area (Å²) in [7, 11) is -4.15. The molecule has 0 aliphatic carbocycles. The monoisotopic (exact) mass is 457 g/mol. The van der Waals surface area contributed by atoms with E-state index in [0.717, 1.165) is 23.8 Å². The number of sulfonamides is 1. The number of allylic oxidation sites excluding steroid dienone is 2. The fraction of sp³-hybridized carbons (Fsp3) is 0.100. The molecule has 1 aliphatic heterocycles. The highest BCUT2D eigenvalue weighted by atomic mass is 35.5. The Hall–Kier alpha value is -3.68. The quantitative estimate of drug-likeness (QED) is 0.383. The van der Waals surface area contributed by atoms with Crippen LogP contribution in [0.5, 0.6) is 0 Å². The third kappa shape index (κ3) is 5.69. The predicted octanol–water partition coefficient (Wildman–Crippen LogP) is 3.71. The van der Waals surface area contributed by atoms with Crippen molar-refractivity contribution >= 4 is 33.5 Å². The van der Waals surface area contributed by atoms with Gasteiger partial charge in [-0.05, 0) is 23.3 Å². The highest BCUT2D eigenvalue weighted by molar-refractivity contribution is 7.89. The van der Waals surface area contributed by atoms with Crippen molar-refractivity contribution < 1.29 is 13.3 Å². The Morgan fingerprint density at radius 3 is 2.68 bits per heavy atom. The first-order chi connectivity index (χ1) is 14.8. The summed E-state index contributed by atoms with van der Waals surface area (Å²) in [6.07, 6.45) is 5.07. The molecule has 2 aromatic rings. The van der Waals surface area contributed by atoms with Crippen molar-refractivity contribution in [3.8, 4) is 6.07 Å². The summed E-state index contributed by atoms with van der Waals surface area (Å²) in [5, 5.41) is 23.9. The molecule has 0 bridgehead atoms. The molecule has 1 N–H and O–H groups in total. The number of rotatable bonds is 7. The maximum Gasteiger partial charge on any atom is 0.289 e. The molecule has 1 heterocycles. The zero-order chi connectivity index (χ0) is 22.4. The molecule has 0 saturated heterocycles. The molecule has 0 atom stereocenters. The molecule has 9 nitrogen and oxygen atoms in total. The van der Waals surface area contributed by atoms with E-state index >= 15 is 0 Å². The molecule has 11 heteroatoms. The van der Waals surface area contributed by atoms with Crippen LogP contribution in [0.4, 0.5) is 5.69 Å².